The SMILES string of the molecule is Cc1cnc2[nH]cc([C]#[Y])c2c1.[CH3-]. The van der Waals surface area contributed by atoms with Crippen LogP contribution in [0.25, 0.3) is 11.0 Å². The Balaban J connectivity index is 0.000000845. The third kappa shape index (κ3) is 1.91. The quantitative estimate of drug-likeness (QED) is 0.710. The van der Waals surface area contributed by atoms with E-state index in [0.717, 1.165) is 41.4 Å². The molecule has 2 aromatic heterocycles. The summed E-state index contributed by atoms with van der Waals surface area (Å²) in [7, 11) is 0. The second-order valence-electron chi connectivity index (χ2n) is 2.76. The molecule has 0 aliphatic rings. The number of hydrogen-bond donors (Lipinski definition) is 1. The van der Waals surface area contributed by atoms with Crippen LogP contribution >= 0.6 is 0 Å². The number of H-pyrrole nitrogens is 1. The van der Waals surface area contributed by atoms with Crippen molar-refractivity contribution in [3.8, 4) is 2.59 Å². The van der Waals surface area contributed by atoms with E-state index < -0.39 is 0 Å². The average Bonchev–Trinajstić information content (AvgIpc) is 2.46. The van der Waals surface area contributed by atoms with Gasteiger partial charge in [-0.3, -0.25) is 0 Å². The summed E-state index contributed by atoms with van der Waals surface area (Å²) in [4.78, 5) is 7.38. The molecular formula is C10H10N2Y-. The van der Waals surface area contributed by atoms with Crippen molar-refractivity contribution in [1.82, 2.24) is 9.97 Å². The predicted molar refractivity (Wildman–Crippen MR) is 50.2 cm³/mol. The number of nitrogens with one attached hydrogen (secondary N) is 1. The summed E-state index contributed by atoms with van der Waals surface area (Å²) in [5.41, 5.74) is 3.31. The summed E-state index contributed by atoms with van der Waals surface area (Å²) in [5, 5.41) is 1.18. The van der Waals surface area contributed by atoms with Gasteiger partial charge in [0.1, 0.15) is 0 Å². The normalized spacial score (nSPS) is 9.46. The molecule has 13 heavy (non-hydrogen) atoms. The molecule has 2 nitrogen and oxygen atoms in total. The van der Waals surface area contributed by atoms with Crippen LogP contribution in [0.3, 0.4) is 0 Å². The Bertz CT molecular complexity index is 465. The molecule has 0 aromatic carbocycles. The van der Waals surface area contributed by atoms with Crippen molar-refractivity contribution in [2.45, 2.75) is 6.92 Å². The van der Waals surface area contributed by atoms with E-state index in [0.29, 0.717) is 0 Å². The molecule has 0 amide bonds. The van der Waals surface area contributed by atoms with Crippen LogP contribution in [0.5, 0.6) is 0 Å². The minimum Gasteiger partial charge on any atom is -0.358 e. The molecule has 0 atom stereocenters. The van der Waals surface area contributed by atoms with Crippen LogP contribution in [0.4, 0.5) is 0 Å². The maximum absolute atomic E-state index is 4.27. The number of fused-ring (bicyclic) bond motifs is 1. The standard InChI is InChI=1S/C9H7N2.CH3.Y/c1-6-3-8-7(2)5-11-9(8)10-4-6;;/h3-5H,1H3,(H,10,11);1H3;/q;-1;. The van der Waals surface area contributed by atoms with E-state index in [1.807, 2.05) is 12.4 Å². The van der Waals surface area contributed by atoms with Crippen molar-refractivity contribution >= 4 is 11.0 Å². The molecule has 0 aliphatic carbocycles. The van der Waals surface area contributed by atoms with Gasteiger partial charge >= 0.3 is 90.3 Å². The third-order valence-corrected chi connectivity index (χ3v) is 2.59. The van der Waals surface area contributed by atoms with E-state index in [2.05, 4.69) is 25.6 Å². The Morgan fingerprint density at radius 1 is 1.54 bits per heavy atom. The number of aryl methyl sites for hydroxylation is 1. The van der Waals surface area contributed by atoms with Gasteiger partial charge in [0.25, 0.3) is 0 Å². The molecule has 2 aromatic rings. The van der Waals surface area contributed by atoms with E-state index >= 15 is 0 Å². The van der Waals surface area contributed by atoms with Gasteiger partial charge in [0.2, 0.25) is 0 Å². The molecule has 0 unspecified atom stereocenters. The zero-order chi connectivity index (χ0) is 8.55. The van der Waals surface area contributed by atoms with Gasteiger partial charge in [0.05, 0.1) is 0 Å². The average molecular weight is 247 g/mol. The molecule has 2 rings (SSSR count). The molecule has 0 radical (unpaired) electrons. The van der Waals surface area contributed by atoms with E-state index in [-0.39, 0.29) is 7.43 Å². The molecule has 0 aliphatic heterocycles. The summed E-state index contributed by atoms with van der Waals surface area (Å²) in [5.74, 6) is 0. The van der Waals surface area contributed by atoms with Gasteiger partial charge in [-0.1, -0.05) is 0 Å². The van der Waals surface area contributed by atoms with Crippen LogP contribution in [0, 0.1) is 16.9 Å². The van der Waals surface area contributed by atoms with Crippen molar-refractivity contribution in [3.63, 3.8) is 0 Å². The Labute approximate surface area is 97.2 Å². The molecule has 3 heteroatoms. The summed E-state index contributed by atoms with van der Waals surface area (Å²) in [6.45, 7) is 2.05. The van der Waals surface area contributed by atoms with Gasteiger partial charge in [-0.05, 0) is 0 Å². The van der Waals surface area contributed by atoms with E-state index in [1.54, 1.807) is 0 Å². The van der Waals surface area contributed by atoms with E-state index in [4.69, 9.17) is 0 Å². The second-order valence-corrected chi connectivity index (χ2v) is 3.47. The first-order chi connectivity index (χ1) is 5.81. The van der Waals surface area contributed by atoms with Crippen LogP contribution in [-0.4, -0.2) is 9.97 Å². The zero-order valence-electron chi connectivity index (χ0n) is 7.76. The number of rotatable bonds is 0. The Kier molecular flexibility index (Phi) is 3.43. The number of nitrogens with zero attached hydrogens (tertiary/aromatic N) is 1. The second kappa shape index (κ2) is 4.19. The van der Waals surface area contributed by atoms with Crippen LogP contribution in [0.15, 0.2) is 18.5 Å². The van der Waals surface area contributed by atoms with E-state index in [1.165, 1.54) is 10.9 Å². The van der Waals surface area contributed by atoms with Crippen molar-refractivity contribution in [2.24, 2.45) is 0 Å². The number of hydrogen-bond acceptors (Lipinski definition) is 1. The topological polar surface area (TPSA) is 28.7 Å². The summed E-state index contributed by atoms with van der Waals surface area (Å²) in [6.07, 6.45) is 3.83. The third-order valence-electron chi connectivity index (χ3n) is 1.82. The van der Waals surface area contributed by atoms with Crippen molar-refractivity contribution in [2.75, 3.05) is 0 Å². The Morgan fingerprint density at radius 3 is 3.00 bits per heavy atom. The maximum Gasteiger partial charge on any atom is -0.358 e. The molecule has 64 valence electrons. The van der Waals surface area contributed by atoms with Gasteiger partial charge in [-0.15, -0.1) is 0 Å². The monoisotopic (exact) mass is 247 g/mol. The van der Waals surface area contributed by atoms with Crippen molar-refractivity contribution in [1.29, 1.82) is 0 Å². The van der Waals surface area contributed by atoms with Gasteiger partial charge in [0.15, 0.2) is 0 Å². The number of aromatic nitrogens is 2. The first-order valence-electron chi connectivity index (χ1n) is 3.71. The summed E-state index contributed by atoms with van der Waals surface area (Å²) in [6, 6.07) is 2.14. The van der Waals surface area contributed by atoms with E-state index in [9.17, 15) is 0 Å². The smallest absolute Gasteiger partial charge is 0.358 e. The molecule has 0 bridgehead atoms. The maximum atomic E-state index is 4.27. The Hall–Kier alpha value is -0.426. The minimum absolute atomic E-state index is 0. The fraction of sp³-hybridized carbons (Fsp3) is 0.100. The summed E-state index contributed by atoms with van der Waals surface area (Å²) < 4.78 is 3.24. The molecule has 0 saturated heterocycles. The molecule has 0 saturated carbocycles. The summed E-state index contributed by atoms with van der Waals surface area (Å²) >= 11 is 1.02. The molecule has 0 fully saturated rings. The molecule has 2 heterocycles. The zero-order valence-corrected chi connectivity index (χ0v) is 10.6. The predicted octanol–water partition coefficient (Wildman–Crippen LogP) is 2.18. The minimum atomic E-state index is 0. The number of pyridine rings is 1. The van der Waals surface area contributed by atoms with Crippen LogP contribution < -0.4 is 0 Å². The fourth-order valence-corrected chi connectivity index (χ4v) is 1.81. The first-order valence-corrected chi connectivity index (χ1v) is 5.13. The molecule has 0 spiro atoms. The fourth-order valence-electron chi connectivity index (χ4n) is 1.23. The van der Waals surface area contributed by atoms with Crippen LogP contribution in [0.2, 0.25) is 0 Å². The van der Waals surface area contributed by atoms with Gasteiger partial charge < -0.3 is 7.43 Å². The molecular weight excluding hydrogens is 237 g/mol. The largest absolute Gasteiger partial charge is 0.358 e. The van der Waals surface area contributed by atoms with Crippen LogP contribution in [0.1, 0.15) is 11.1 Å². The van der Waals surface area contributed by atoms with Gasteiger partial charge in [0, 0.05) is 0 Å². The van der Waals surface area contributed by atoms with Crippen molar-refractivity contribution < 1.29 is 30.2 Å². The molecule has 1 N–H and O–H groups in total. The van der Waals surface area contributed by atoms with Crippen LogP contribution in [-0.2, 0) is 30.2 Å². The Morgan fingerprint density at radius 2 is 2.31 bits per heavy atom. The van der Waals surface area contributed by atoms with Gasteiger partial charge in [-0.2, -0.15) is 0 Å². The van der Waals surface area contributed by atoms with Crippen molar-refractivity contribution in [3.05, 3.63) is 37.0 Å². The van der Waals surface area contributed by atoms with Gasteiger partial charge in [-0.25, -0.2) is 0 Å². The first kappa shape index (κ1) is 10.7. The number of aromatic amines is 1.